The summed E-state index contributed by atoms with van der Waals surface area (Å²) in [4.78, 5) is 13.5. The summed E-state index contributed by atoms with van der Waals surface area (Å²) in [5.74, 6) is 0.0670. The van der Waals surface area contributed by atoms with Crippen LogP contribution < -0.4 is 10.2 Å². The third-order valence-corrected chi connectivity index (χ3v) is 4.07. The van der Waals surface area contributed by atoms with Crippen LogP contribution in [0.2, 0.25) is 0 Å². The van der Waals surface area contributed by atoms with Crippen LogP contribution in [0.5, 0.6) is 0 Å². The molecule has 2 N–H and O–H groups in total. The Labute approximate surface area is 115 Å². The SMILES string of the molecule is O=C(C[NH+]1CCCCC1)Nc1cccc2nsnc12. The first-order valence-electron chi connectivity index (χ1n) is 6.67. The van der Waals surface area contributed by atoms with Gasteiger partial charge in [0, 0.05) is 0 Å². The number of carbonyl (C=O) groups excluding carboxylic acids is 1. The standard InChI is InChI=1S/C13H16N4OS/c18-12(9-17-7-2-1-3-8-17)14-10-5-4-6-11-13(10)16-19-15-11/h4-6H,1-3,7-9H2,(H,14,18)/p+1. The summed E-state index contributed by atoms with van der Waals surface area (Å²) in [6.45, 7) is 2.76. The van der Waals surface area contributed by atoms with Gasteiger partial charge in [0.2, 0.25) is 0 Å². The molecule has 1 saturated heterocycles. The highest BCUT2D eigenvalue weighted by atomic mass is 32.1. The summed E-state index contributed by atoms with van der Waals surface area (Å²) in [5, 5.41) is 2.96. The van der Waals surface area contributed by atoms with Gasteiger partial charge in [-0.2, -0.15) is 8.75 Å². The lowest BCUT2D eigenvalue weighted by molar-refractivity contribution is -0.896. The molecule has 2 aromatic rings. The van der Waals surface area contributed by atoms with Crippen LogP contribution in [0.1, 0.15) is 19.3 Å². The molecular formula is C13H17N4OS+. The second-order valence-electron chi connectivity index (χ2n) is 4.97. The lowest BCUT2D eigenvalue weighted by Gasteiger charge is -2.22. The van der Waals surface area contributed by atoms with E-state index in [1.165, 1.54) is 35.9 Å². The van der Waals surface area contributed by atoms with Crippen molar-refractivity contribution in [2.75, 3.05) is 25.0 Å². The van der Waals surface area contributed by atoms with Crippen LogP contribution in [0.25, 0.3) is 11.0 Å². The minimum absolute atomic E-state index is 0.0670. The fraction of sp³-hybridized carbons (Fsp3) is 0.462. The molecule has 0 spiro atoms. The lowest BCUT2D eigenvalue weighted by Crippen LogP contribution is -3.13. The van der Waals surface area contributed by atoms with E-state index < -0.39 is 0 Å². The van der Waals surface area contributed by atoms with E-state index in [-0.39, 0.29) is 5.91 Å². The molecule has 2 heterocycles. The fourth-order valence-electron chi connectivity index (χ4n) is 2.56. The predicted octanol–water partition coefficient (Wildman–Crippen LogP) is 0.699. The van der Waals surface area contributed by atoms with E-state index >= 15 is 0 Å². The number of nitrogens with zero attached hydrogens (tertiary/aromatic N) is 2. The van der Waals surface area contributed by atoms with Crippen molar-refractivity contribution >= 4 is 34.4 Å². The van der Waals surface area contributed by atoms with E-state index in [1.54, 1.807) is 0 Å². The van der Waals surface area contributed by atoms with Crippen molar-refractivity contribution < 1.29 is 9.69 Å². The summed E-state index contributed by atoms with van der Waals surface area (Å²) < 4.78 is 8.40. The minimum atomic E-state index is 0.0670. The maximum atomic E-state index is 12.1. The Kier molecular flexibility index (Phi) is 3.70. The number of aromatic nitrogens is 2. The van der Waals surface area contributed by atoms with Crippen molar-refractivity contribution in [3.8, 4) is 0 Å². The maximum absolute atomic E-state index is 12.1. The molecule has 0 bridgehead atoms. The largest absolute Gasteiger partial charge is 0.327 e. The number of fused-ring (bicyclic) bond motifs is 1. The number of rotatable bonds is 3. The zero-order valence-corrected chi connectivity index (χ0v) is 11.5. The molecular weight excluding hydrogens is 260 g/mol. The normalized spacial score (nSPS) is 16.6. The van der Waals surface area contributed by atoms with E-state index in [4.69, 9.17) is 0 Å². The van der Waals surface area contributed by atoms with Gasteiger partial charge in [-0.15, -0.1) is 0 Å². The highest BCUT2D eigenvalue weighted by molar-refractivity contribution is 7.00. The molecule has 0 atom stereocenters. The van der Waals surface area contributed by atoms with E-state index in [2.05, 4.69) is 14.1 Å². The fourth-order valence-corrected chi connectivity index (χ4v) is 3.11. The van der Waals surface area contributed by atoms with Gasteiger partial charge < -0.3 is 10.2 Å². The van der Waals surface area contributed by atoms with Gasteiger partial charge in [0.25, 0.3) is 5.91 Å². The predicted molar refractivity (Wildman–Crippen MR) is 75.5 cm³/mol. The summed E-state index contributed by atoms with van der Waals surface area (Å²) in [6, 6.07) is 5.69. The molecule has 1 amide bonds. The highest BCUT2D eigenvalue weighted by Gasteiger charge is 2.18. The van der Waals surface area contributed by atoms with Crippen molar-refractivity contribution in [3.63, 3.8) is 0 Å². The van der Waals surface area contributed by atoms with Gasteiger partial charge in [0.1, 0.15) is 11.0 Å². The number of hydrogen-bond donors (Lipinski definition) is 2. The number of likely N-dealkylation sites (tertiary alicyclic amines) is 1. The number of amides is 1. The first kappa shape index (κ1) is 12.5. The van der Waals surface area contributed by atoms with Crippen molar-refractivity contribution in [1.29, 1.82) is 0 Å². The number of anilines is 1. The van der Waals surface area contributed by atoms with Gasteiger partial charge >= 0.3 is 0 Å². The van der Waals surface area contributed by atoms with Crippen molar-refractivity contribution in [3.05, 3.63) is 18.2 Å². The van der Waals surface area contributed by atoms with Crippen LogP contribution in [-0.4, -0.2) is 34.3 Å². The van der Waals surface area contributed by atoms with E-state index in [1.807, 2.05) is 18.2 Å². The molecule has 0 aliphatic carbocycles. The molecule has 6 heteroatoms. The zero-order valence-electron chi connectivity index (χ0n) is 10.7. The van der Waals surface area contributed by atoms with Gasteiger partial charge in [0.05, 0.1) is 30.5 Å². The average Bonchev–Trinajstić information content (AvgIpc) is 2.89. The first-order chi connectivity index (χ1) is 9.33. The molecule has 1 aliphatic rings. The number of hydrogen-bond acceptors (Lipinski definition) is 4. The molecule has 1 aliphatic heterocycles. The third-order valence-electron chi connectivity index (χ3n) is 3.53. The minimum Gasteiger partial charge on any atom is -0.327 e. The van der Waals surface area contributed by atoms with Crippen molar-refractivity contribution in [2.24, 2.45) is 0 Å². The number of quaternary nitrogens is 1. The molecule has 0 unspecified atom stereocenters. The maximum Gasteiger partial charge on any atom is 0.279 e. The third kappa shape index (κ3) is 2.90. The molecule has 1 aromatic heterocycles. The molecule has 1 fully saturated rings. The number of piperidine rings is 1. The summed E-state index contributed by atoms with van der Waals surface area (Å²) in [6.07, 6.45) is 3.76. The average molecular weight is 277 g/mol. The van der Waals surface area contributed by atoms with Crippen LogP contribution in [0.15, 0.2) is 18.2 Å². The van der Waals surface area contributed by atoms with E-state index in [9.17, 15) is 4.79 Å². The first-order valence-corrected chi connectivity index (χ1v) is 7.41. The summed E-state index contributed by atoms with van der Waals surface area (Å²) in [7, 11) is 0. The Morgan fingerprint density at radius 3 is 2.95 bits per heavy atom. The lowest BCUT2D eigenvalue weighted by atomic mass is 10.1. The van der Waals surface area contributed by atoms with Crippen LogP contribution in [0.4, 0.5) is 5.69 Å². The molecule has 5 nitrogen and oxygen atoms in total. The molecule has 1 aromatic carbocycles. The number of benzene rings is 1. The smallest absolute Gasteiger partial charge is 0.279 e. The van der Waals surface area contributed by atoms with Crippen LogP contribution in [0, 0.1) is 0 Å². The molecule has 0 radical (unpaired) electrons. The molecule has 0 saturated carbocycles. The Morgan fingerprint density at radius 1 is 1.26 bits per heavy atom. The zero-order chi connectivity index (χ0) is 13.1. The monoisotopic (exact) mass is 277 g/mol. The molecule has 3 rings (SSSR count). The second kappa shape index (κ2) is 5.63. The van der Waals surface area contributed by atoms with Crippen molar-refractivity contribution in [1.82, 2.24) is 8.75 Å². The number of nitrogens with one attached hydrogen (secondary N) is 2. The Bertz CT molecular complexity index is 577. The summed E-state index contributed by atoms with van der Waals surface area (Å²) >= 11 is 1.17. The van der Waals surface area contributed by atoms with Crippen LogP contribution >= 0.6 is 11.7 Å². The Balaban J connectivity index is 1.67. The second-order valence-corrected chi connectivity index (χ2v) is 5.50. The Morgan fingerprint density at radius 2 is 2.11 bits per heavy atom. The summed E-state index contributed by atoms with van der Waals surface area (Å²) in [5.41, 5.74) is 2.40. The Hall–Kier alpha value is -1.53. The van der Waals surface area contributed by atoms with Gasteiger partial charge in [-0.05, 0) is 31.4 Å². The molecule has 100 valence electrons. The van der Waals surface area contributed by atoms with Crippen molar-refractivity contribution in [2.45, 2.75) is 19.3 Å². The van der Waals surface area contributed by atoms with E-state index in [0.717, 1.165) is 29.8 Å². The highest BCUT2D eigenvalue weighted by Crippen LogP contribution is 2.20. The van der Waals surface area contributed by atoms with Gasteiger partial charge in [-0.25, -0.2) is 0 Å². The van der Waals surface area contributed by atoms with Gasteiger partial charge in [-0.3, -0.25) is 4.79 Å². The number of carbonyl (C=O) groups is 1. The van der Waals surface area contributed by atoms with Crippen LogP contribution in [0.3, 0.4) is 0 Å². The quantitative estimate of drug-likeness (QED) is 0.868. The van der Waals surface area contributed by atoms with E-state index in [0.29, 0.717) is 6.54 Å². The van der Waals surface area contributed by atoms with Gasteiger partial charge in [-0.1, -0.05) is 6.07 Å². The topological polar surface area (TPSA) is 59.3 Å². The van der Waals surface area contributed by atoms with Crippen LogP contribution in [-0.2, 0) is 4.79 Å². The van der Waals surface area contributed by atoms with Gasteiger partial charge in [0.15, 0.2) is 6.54 Å². The molecule has 19 heavy (non-hydrogen) atoms.